The molecule has 0 fully saturated rings. The molecule has 0 unspecified atom stereocenters. The number of carboxylic acid groups (broad SMARTS) is 1. The van der Waals surface area contributed by atoms with Gasteiger partial charge in [-0.25, -0.2) is 9.18 Å². The molecule has 2 N–H and O–H groups in total. The number of para-hydroxylation sites is 1. The Labute approximate surface area is 130 Å². The van der Waals surface area contributed by atoms with E-state index >= 15 is 0 Å². The summed E-state index contributed by atoms with van der Waals surface area (Å²) in [4.78, 5) is 22.8. The molecular weight excluding hydrogens is 313 g/mol. The van der Waals surface area contributed by atoms with Crippen molar-refractivity contribution in [3.63, 3.8) is 0 Å². The number of amides is 1. The molecule has 1 amide bonds. The molecule has 2 rings (SSSR count). The van der Waals surface area contributed by atoms with Gasteiger partial charge in [-0.15, -0.1) is 0 Å². The van der Waals surface area contributed by atoms with E-state index in [2.05, 4.69) is 5.32 Å². The maximum atomic E-state index is 13.4. The van der Waals surface area contributed by atoms with Crippen LogP contribution in [0.5, 0.6) is 5.75 Å². The number of hydrogen-bond acceptors (Lipinski definition) is 3. The lowest BCUT2D eigenvalue weighted by molar-refractivity contribution is -0.118. The molecule has 0 aliphatic rings. The third kappa shape index (κ3) is 3.95. The van der Waals surface area contributed by atoms with Gasteiger partial charge in [0.2, 0.25) is 0 Å². The lowest BCUT2D eigenvalue weighted by Crippen LogP contribution is -2.21. The summed E-state index contributed by atoms with van der Waals surface area (Å²) in [6, 6.07) is 9.68. The van der Waals surface area contributed by atoms with Crippen molar-refractivity contribution in [3.05, 3.63) is 58.9 Å². The Kier molecular flexibility index (Phi) is 4.95. The minimum atomic E-state index is -1.23. The first-order valence-corrected chi connectivity index (χ1v) is 6.55. The molecule has 0 aromatic heterocycles. The fraction of sp³-hybridized carbons (Fsp3) is 0.0667. The second kappa shape index (κ2) is 6.91. The van der Waals surface area contributed by atoms with Crippen molar-refractivity contribution in [1.82, 2.24) is 0 Å². The van der Waals surface area contributed by atoms with Crippen molar-refractivity contribution in [2.45, 2.75) is 0 Å². The molecule has 0 bridgehead atoms. The van der Waals surface area contributed by atoms with Crippen LogP contribution >= 0.6 is 11.6 Å². The van der Waals surface area contributed by atoms with Crippen molar-refractivity contribution in [2.75, 3.05) is 11.9 Å². The van der Waals surface area contributed by atoms with Crippen LogP contribution in [0.4, 0.5) is 10.1 Å². The van der Waals surface area contributed by atoms with E-state index < -0.39 is 24.3 Å². The van der Waals surface area contributed by atoms with Gasteiger partial charge in [-0.3, -0.25) is 4.79 Å². The van der Waals surface area contributed by atoms with Crippen molar-refractivity contribution < 1.29 is 23.8 Å². The van der Waals surface area contributed by atoms with Crippen LogP contribution in [0.25, 0.3) is 0 Å². The Morgan fingerprint density at radius 3 is 2.64 bits per heavy atom. The molecule has 0 saturated carbocycles. The highest BCUT2D eigenvalue weighted by Gasteiger charge is 2.14. The van der Waals surface area contributed by atoms with Gasteiger partial charge < -0.3 is 15.2 Å². The van der Waals surface area contributed by atoms with Gasteiger partial charge >= 0.3 is 5.97 Å². The van der Waals surface area contributed by atoms with Gasteiger partial charge in [-0.1, -0.05) is 23.7 Å². The van der Waals surface area contributed by atoms with Gasteiger partial charge in [-0.05, 0) is 30.3 Å². The van der Waals surface area contributed by atoms with E-state index in [-0.39, 0.29) is 22.0 Å². The molecular formula is C15H11ClFNO4. The molecule has 5 nitrogen and oxygen atoms in total. The number of carbonyl (C=O) groups excluding carboxylic acids is 1. The van der Waals surface area contributed by atoms with E-state index in [0.717, 1.165) is 0 Å². The number of benzene rings is 2. The van der Waals surface area contributed by atoms with Crippen LogP contribution in [0.2, 0.25) is 5.02 Å². The van der Waals surface area contributed by atoms with Gasteiger partial charge in [0, 0.05) is 5.02 Å². The highest BCUT2D eigenvalue weighted by molar-refractivity contribution is 6.31. The van der Waals surface area contributed by atoms with Gasteiger partial charge in [0.05, 0.1) is 5.69 Å². The maximum Gasteiger partial charge on any atom is 0.339 e. The van der Waals surface area contributed by atoms with Crippen LogP contribution < -0.4 is 10.1 Å². The average molecular weight is 324 g/mol. The summed E-state index contributed by atoms with van der Waals surface area (Å²) in [6.07, 6.45) is 0. The van der Waals surface area contributed by atoms with Crippen LogP contribution in [0, 0.1) is 5.82 Å². The second-order valence-electron chi connectivity index (χ2n) is 4.26. The van der Waals surface area contributed by atoms with Crippen molar-refractivity contribution >= 4 is 29.2 Å². The molecule has 7 heteroatoms. The Hall–Kier alpha value is -2.60. The minimum absolute atomic E-state index is 0.000540. The standard InChI is InChI=1S/C15H11ClFNO4/c16-9-5-6-13(10(7-9)15(20)21)22-8-14(19)18-12-4-2-1-3-11(12)17/h1-7H,8H2,(H,18,19)(H,20,21). The molecule has 2 aromatic rings. The SMILES string of the molecule is O=C(COc1ccc(Cl)cc1C(=O)O)Nc1ccccc1F. The molecule has 114 valence electrons. The number of ether oxygens (including phenoxy) is 1. The van der Waals surface area contributed by atoms with E-state index in [4.69, 9.17) is 21.4 Å². The zero-order valence-electron chi connectivity index (χ0n) is 11.2. The number of anilines is 1. The highest BCUT2D eigenvalue weighted by Crippen LogP contribution is 2.23. The number of rotatable bonds is 5. The number of nitrogens with one attached hydrogen (secondary N) is 1. The van der Waals surface area contributed by atoms with Gasteiger partial charge in [0.15, 0.2) is 6.61 Å². The first-order chi connectivity index (χ1) is 10.5. The van der Waals surface area contributed by atoms with Gasteiger partial charge in [-0.2, -0.15) is 0 Å². The average Bonchev–Trinajstić information content (AvgIpc) is 2.48. The largest absolute Gasteiger partial charge is 0.483 e. The normalized spacial score (nSPS) is 10.1. The van der Waals surface area contributed by atoms with E-state index in [1.54, 1.807) is 6.07 Å². The smallest absolute Gasteiger partial charge is 0.339 e. The molecule has 0 aliphatic heterocycles. The second-order valence-corrected chi connectivity index (χ2v) is 4.70. The lowest BCUT2D eigenvalue weighted by Gasteiger charge is -2.10. The van der Waals surface area contributed by atoms with Crippen LogP contribution in [-0.2, 0) is 4.79 Å². The Balaban J connectivity index is 2.03. The zero-order valence-corrected chi connectivity index (χ0v) is 11.9. The van der Waals surface area contributed by atoms with Crippen molar-refractivity contribution in [1.29, 1.82) is 0 Å². The van der Waals surface area contributed by atoms with Gasteiger partial charge in [0.1, 0.15) is 17.1 Å². The molecule has 22 heavy (non-hydrogen) atoms. The fourth-order valence-electron chi connectivity index (χ4n) is 1.69. The third-order valence-electron chi connectivity index (χ3n) is 2.68. The molecule has 0 aliphatic carbocycles. The maximum absolute atomic E-state index is 13.4. The van der Waals surface area contributed by atoms with E-state index in [9.17, 15) is 14.0 Å². The van der Waals surface area contributed by atoms with E-state index in [1.165, 1.54) is 36.4 Å². The third-order valence-corrected chi connectivity index (χ3v) is 2.91. The van der Waals surface area contributed by atoms with E-state index in [0.29, 0.717) is 0 Å². The summed E-state index contributed by atoms with van der Waals surface area (Å²) in [5.41, 5.74) is -0.142. The molecule has 0 heterocycles. The lowest BCUT2D eigenvalue weighted by atomic mass is 10.2. The van der Waals surface area contributed by atoms with Gasteiger partial charge in [0.25, 0.3) is 5.91 Å². The minimum Gasteiger partial charge on any atom is -0.483 e. The number of carbonyl (C=O) groups is 2. The summed E-state index contributed by atoms with van der Waals surface area (Å²) in [5.74, 6) is -2.42. The van der Waals surface area contributed by atoms with Crippen molar-refractivity contribution in [3.8, 4) is 5.75 Å². The van der Waals surface area contributed by atoms with Crippen LogP contribution in [0.15, 0.2) is 42.5 Å². The predicted molar refractivity (Wildman–Crippen MR) is 78.9 cm³/mol. The first-order valence-electron chi connectivity index (χ1n) is 6.17. The van der Waals surface area contributed by atoms with Crippen LogP contribution in [-0.4, -0.2) is 23.6 Å². The Bertz CT molecular complexity index is 720. The summed E-state index contributed by atoms with van der Waals surface area (Å²) < 4.78 is 18.5. The predicted octanol–water partition coefficient (Wildman–Crippen LogP) is 3.19. The highest BCUT2D eigenvalue weighted by atomic mass is 35.5. The van der Waals surface area contributed by atoms with Crippen LogP contribution in [0.3, 0.4) is 0 Å². The van der Waals surface area contributed by atoms with Crippen LogP contribution in [0.1, 0.15) is 10.4 Å². The topological polar surface area (TPSA) is 75.6 Å². The first kappa shape index (κ1) is 15.8. The summed E-state index contributed by atoms with van der Waals surface area (Å²) >= 11 is 5.71. The quantitative estimate of drug-likeness (QED) is 0.886. The number of carboxylic acids is 1. The van der Waals surface area contributed by atoms with Crippen molar-refractivity contribution in [2.24, 2.45) is 0 Å². The monoisotopic (exact) mass is 323 g/mol. The van der Waals surface area contributed by atoms with E-state index in [1.807, 2.05) is 0 Å². The number of halogens is 2. The molecule has 0 spiro atoms. The number of hydrogen-bond donors (Lipinski definition) is 2. The molecule has 0 radical (unpaired) electrons. The molecule has 0 saturated heterocycles. The summed E-state index contributed by atoms with van der Waals surface area (Å²) in [6.45, 7) is -0.462. The molecule has 0 atom stereocenters. The summed E-state index contributed by atoms with van der Waals surface area (Å²) in [5, 5.41) is 11.6. The molecule has 2 aromatic carbocycles. The fourth-order valence-corrected chi connectivity index (χ4v) is 1.86. The zero-order chi connectivity index (χ0) is 16.1. The Morgan fingerprint density at radius 1 is 1.23 bits per heavy atom. The Morgan fingerprint density at radius 2 is 1.95 bits per heavy atom. The number of aromatic carboxylic acids is 1. The summed E-state index contributed by atoms with van der Waals surface area (Å²) in [7, 11) is 0.